The Morgan fingerprint density at radius 3 is 2.35 bits per heavy atom. The van der Waals surface area contributed by atoms with E-state index in [1.165, 1.54) is 5.56 Å². The average Bonchev–Trinajstić information content (AvgIpc) is 2.52. The lowest BCUT2D eigenvalue weighted by Gasteiger charge is -2.23. The minimum atomic E-state index is 0.0478. The van der Waals surface area contributed by atoms with Crippen LogP contribution in [0.1, 0.15) is 24.3 Å². The molecule has 20 heavy (non-hydrogen) atoms. The van der Waals surface area contributed by atoms with Gasteiger partial charge >= 0.3 is 0 Å². The van der Waals surface area contributed by atoms with Gasteiger partial charge in [0.1, 0.15) is 25.2 Å². The Bertz CT molecular complexity index is 464. The summed E-state index contributed by atoms with van der Waals surface area (Å²) in [7, 11) is 0. The highest BCUT2D eigenvalue weighted by Crippen LogP contribution is 2.29. The van der Waals surface area contributed by atoms with Crippen LogP contribution in [0.3, 0.4) is 0 Å². The summed E-state index contributed by atoms with van der Waals surface area (Å²) in [5.74, 6) is 1.07. The number of hydrogen-bond acceptors (Lipinski definition) is 4. The highest BCUT2D eigenvalue weighted by molar-refractivity contribution is 5.51. The molecule has 0 amide bonds. The predicted octanol–water partition coefficient (Wildman–Crippen LogP) is 2.28. The molecule has 0 radical (unpaired) electrons. The number of rotatable bonds is 7. The smallest absolute Gasteiger partial charge is 0.157 e. The van der Waals surface area contributed by atoms with Crippen molar-refractivity contribution in [3.05, 3.63) is 42.0 Å². The van der Waals surface area contributed by atoms with Crippen molar-refractivity contribution in [3.8, 4) is 5.75 Å². The Hall–Kier alpha value is -1.94. The van der Waals surface area contributed by atoms with Crippen LogP contribution >= 0.6 is 0 Å². The zero-order valence-electron chi connectivity index (χ0n) is 11.2. The number of carbonyl (C=O) groups is 2. The molecule has 106 valence electrons. The average molecular weight is 274 g/mol. The SMILES string of the molecule is O=CCOc1ccc([C@H]2C=C[C@@H](OCC=O)CC2)cc1. The van der Waals surface area contributed by atoms with E-state index in [2.05, 4.69) is 6.08 Å². The van der Waals surface area contributed by atoms with Crippen LogP contribution in [0.15, 0.2) is 36.4 Å². The van der Waals surface area contributed by atoms with Gasteiger partial charge in [0.15, 0.2) is 6.29 Å². The molecule has 0 saturated heterocycles. The molecule has 0 saturated carbocycles. The first kappa shape index (κ1) is 14.5. The van der Waals surface area contributed by atoms with Crippen LogP contribution in [-0.2, 0) is 14.3 Å². The predicted molar refractivity (Wildman–Crippen MR) is 74.9 cm³/mol. The Kier molecular flexibility index (Phi) is 5.50. The Morgan fingerprint density at radius 1 is 1.00 bits per heavy atom. The second kappa shape index (κ2) is 7.60. The normalized spacial score (nSPS) is 21.4. The highest BCUT2D eigenvalue weighted by Gasteiger charge is 2.17. The van der Waals surface area contributed by atoms with E-state index in [4.69, 9.17) is 9.47 Å². The summed E-state index contributed by atoms with van der Waals surface area (Å²) >= 11 is 0. The summed E-state index contributed by atoms with van der Waals surface area (Å²) in [5.41, 5.74) is 1.22. The molecule has 0 heterocycles. The standard InChI is InChI=1S/C16H18O4/c17-9-11-19-15-5-1-13(2-6-15)14-3-7-16(8-4-14)20-12-10-18/h1-3,5-7,9-10,14,16H,4,8,11-12H2/t14-,16+/m0/s1. The molecule has 1 aromatic rings. The van der Waals surface area contributed by atoms with Crippen LogP contribution in [0.4, 0.5) is 0 Å². The third-order valence-corrected chi connectivity index (χ3v) is 3.32. The van der Waals surface area contributed by atoms with Crippen molar-refractivity contribution in [2.45, 2.75) is 24.9 Å². The van der Waals surface area contributed by atoms with E-state index in [0.29, 0.717) is 11.7 Å². The molecule has 0 N–H and O–H groups in total. The van der Waals surface area contributed by atoms with Crippen molar-refractivity contribution >= 4 is 12.6 Å². The molecule has 1 aromatic carbocycles. The van der Waals surface area contributed by atoms with Gasteiger partial charge in [0.25, 0.3) is 0 Å². The van der Waals surface area contributed by atoms with Gasteiger partial charge < -0.3 is 14.3 Å². The fraction of sp³-hybridized carbons (Fsp3) is 0.375. The number of hydrogen-bond donors (Lipinski definition) is 0. The van der Waals surface area contributed by atoms with Crippen molar-refractivity contribution in [2.24, 2.45) is 0 Å². The molecule has 0 fully saturated rings. The zero-order valence-corrected chi connectivity index (χ0v) is 11.2. The molecule has 2 rings (SSSR count). The summed E-state index contributed by atoms with van der Waals surface area (Å²) < 4.78 is 10.6. The molecule has 2 atom stereocenters. The van der Waals surface area contributed by atoms with Crippen LogP contribution in [0.25, 0.3) is 0 Å². The minimum Gasteiger partial charge on any atom is -0.486 e. The first-order valence-corrected chi connectivity index (χ1v) is 6.73. The number of aldehydes is 2. The van der Waals surface area contributed by atoms with Crippen molar-refractivity contribution in [1.82, 2.24) is 0 Å². The first-order chi connectivity index (χ1) is 9.83. The van der Waals surface area contributed by atoms with Crippen LogP contribution in [0.5, 0.6) is 5.75 Å². The molecule has 1 aliphatic rings. The molecular weight excluding hydrogens is 256 g/mol. The monoisotopic (exact) mass is 274 g/mol. The molecular formula is C16H18O4. The van der Waals surface area contributed by atoms with Gasteiger partial charge in [0, 0.05) is 5.92 Å². The second-order valence-electron chi connectivity index (χ2n) is 4.65. The third-order valence-electron chi connectivity index (χ3n) is 3.32. The summed E-state index contributed by atoms with van der Waals surface area (Å²) in [6.45, 7) is 0.237. The van der Waals surface area contributed by atoms with Crippen LogP contribution in [0.2, 0.25) is 0 Å². The largest absolute Gasteiger partial charge is 0.486 e. The van der Waals surface area contributed by atoms with Crippen molar-refractivity contribution < 1.29 is 19.1 Å². The maximum Gasteiger partial charge on any atom is 0.157 e. The fourth-order valence-corrected chi connectivity index (χ4v) is 2.32. The lowest BCUT2D eigenvalue weighted by atomic mass is 9.88. The van der Waals surface area contributed by atoms with Crippen LogP contribution in [-0.4, -0.2) is 31.9 Å². The van der Waals surface area contributed by atoms with Crippen molar-refractivity contribution in [2.75, 3.05) is 13.2 Å². The van der Waals surface area contributed by atoms with E-state index in [1.807, 2.05) is 30.3 Å². The first-order valence-electron chi connectivity index (χ1n) is 6.73. The molecule has 4 heteroatoms. The van der Waals surface area contributed by atoms with Gasteiger partial charge in [-0.05, 0) is 30.5 Å². The van der Waals surface area contributed by atoms with Gasteiger partial charge in [-0.1, -0.05) is 24.3 Å². The fourth-order valence-electron chi connectivity index (χ4n) is 2.32. The molecule has 0 unspecified atom stereocenters. The molecule has 4 nitrogen and oxygen atoms in total. The number of ether oxygens (including phenoxy) is 2. The molecule has 0 aliphatic heterocycles. The van der Waals surface area contributed by atoms with E-state index in [-0.39, 0.29) is 19.3 Å². The zero-order chi connectivity index (χ0) is 14.2. The maximum absolute atomic E-state index is 10.3. The van der Waals surface area contributed by atoms with Crippen LogP contribution < -0.4 is 4.74 Å². The molecule has 0 aromatic heterocycles. The summed E-state index contributed by atoms with van der Waals surface area (Å²) in [5, 5.41) is 0. The molecule has 1 aliphatic carbocycles. The summed E-state index contributed by atoms with van der Waals surface area (Å²) in [4.78, 5) is 20.5. The van der Waals surface area contributed by atoms with E-state index < -0.39 is 0 Å². The second-order valence-corrected chi connectivity index (χ2v) is 4.65. The summed E-state index contributed by atoms with van der Waals surface area (Å²) in [6.07, 6.45) is 7.61. The number of benzene rings is 1. The number of carbonyl (C=O) groups excluding carboxylic acids is 2. The Morgan fingerprint density at radius 2 is 1.75 bits per heavy atom. The molecule has 0 spiro atoms. The van der Waals surface area contributed by atoms with Gasteiger partial charge in [0.2, 0.25) is 0 Å². The van der Waals surface area contributed by atoms with Crippen molar-refractivity contribution in [3.63, 3.8) is 0 Å². The lowest BCUT2D eigenvalue weighted by Crippen LogP contribution is -2.16. The van der Waals surface area contributed by atoms with Crippen molar-refractivity contribution in [1.29, 1.82) is 0 Å². The maximum atomic E-state index is 10.3. The van der Waals surface area contributed by atoms with E-state index in [9.17, 15) is 9.59 Å². The van der Waals surface area contributed by atoms with Gasteiger partial charge in [-0.15, -0.1) is 0 Å². The topological polar surface area (TPSA) is 52.6 Å². The van der Waals surface area contributed by atoms with Gasteiger partial charge in [0.05, 0.1) is 6.10 Å². The van der Waals surface area contributed by atoms with E-state index in [0.717, 1.165) is 25.4 Å². The third kappa shape index (κ3) is 4.03. The lowest BCUT2D eigenvalue weighted by molar-refractivity contribution is -0.113. The highest BCUT2D eigenvalue weighted by atomic mass is 16.5. The van der Waals surface area contributed by atoms with Crippen LogP contribution in [0, 0.1) is 0 Å². The summed E-state index contributed by atoms with van der Waals surface area (Å²) in [6, 6.07) is 7.78. The Balaban J connectivity index is 1.92. The van der Waals surface area contributed by atoms with E-state index in [1.54, 1.807) is 0 Å². The van der Waals surface area contributed by atoms with Gasteiger partial charge in [-0.3, -0.25) is 4.79 Å². The minimum absolute atomic E-state index is 0.0478. The van der Waals surface area contributed by atoms with E-state index >= 15 is 0 Å². The van der Waals surface area contributed by atoms with Gasteiger partial charge in [-0.2, -0.15) is 0 Å². The Labute approximate surface area is 118 Å². The number of allylic oxidation sites excluding steroid dienone is 1. The van der Waals surface area contributed by atoms with Gasteiger partial charge in [-0.25, -0.2) is 0 Å². The quantitative estimate of drug-likeness (QED) is 0.565. The molecule has 0 bridgehead atoms.